The van der Waals surface area contributed by atoms with E-state index < -0.39 is 5.97 Å². The number of esters is 1. The lowest BCUT2D eigenvalue weighted by Crippen LogP contribution is -2.40. The number of hydrogen-bond donors (Lipinski definition) is 1. The lowest BCUT2D eigenvalue weighted by Gasteiger charge is -2.30. The molecule has 1 N–H and O–H groups in total. The minimum Gasteiger partial charge on any atom is -0.454 e. The SMILES string of the molecule is CC1CCN(C(=O)COC(=O)c2cccnc2SCC(=O)Nc2ccc3c(c2)OCO3)CC1. The van der Waals surface area contributed by atoms with E-state index in [1.807, 2.05) is 0 Å². The number of fused-ring (bicyclic) bond motifs is 1. The predicted molar refractivity (Wildman–Crippen MR) is 121 cm³/mol. The Bertz CT molecular complexity index is 1040. The molecule has 0 atom stereocenters. The Morgan fingerprint density at radius 3 is 2.79 bits per heavy atom. The molecule has 0 bridgehead atoms. The Hall–Kier alpha value is -3.27. The van der Waals surface area contributed by atoms with Crippen molar-refractivity contribution in [3.8, 4) is 11.5 Å². The van der Waals surface area contributed by atoms with Gasteiger partial charge in [0.05, 0.1) is 11.3 Å². The molecule has 2 aromatic rings. The molecule has 2 aliphatic heterocycles. The number of pyridine rings is 1. The number of amides is 2. The predicted octanol–water partition coefficient (Wildman–Crippen LogP) is 2.96. The van der Waals surface area contributed by atoms with E-state index in [1.54, 1.807) is 35.2 Å². The van der Waals surface area contributed by atoms with Gasteiger partial charge in [0.1, 0.15) is 5.03 Å². The number of aromatic nitrogens is 1. The summed E-state index contributed by atoms with van der Waals surface area (Å²) in [6.07, 6.45) is 3.45. The van der Waals surface area contributed by atoms with Crippen LogP contribution in [0.25, 0.3) is 0 Å². The summed E-state index contributed by atoms with van der Waals surface area (Å²) in [6, 6.07) is 8.32. The number of carbonyl (C=O) groups is 3. The molecule has 4 rings (SSSR count). The molecule has 10 heteroatoms. The monoisotopic (exact) mass is 471 g/mol. The zero-order valence-corrected chi connectivity index (χ0v) is 19.1. The van der Waals surface area contributed by atoms with E-state index >= 15 is 0 Å². The van der Waals surface area contributed by atoms with E-state index in [4.69, 9.17) is 14.2 Å². The van der Waals surface area contributed by atoms with Crippen LogP contribution in [0.2, 0.25) is 0 Å². The van der Waals surface area contributed by atoms with Crippen molar-refractivity contribution in [3.63, 3.8) is 0 Å². The average Bonchev–Trinajstić information content (AvgIpc) is 3.29. The van der Waals surface area contributed by atoms with Gasteiger partial charge in [0.2, 0.25) is 12.7 Å². The van der Waals surface area contributed by atoms with Gasteiger partial charge < -0.3 is 24.4 Å². The van der Waals surface area contributed by atoms with Gasteiger partial charge in [-0.15, -0.1) is 0 Å². The Labute approximate surface area is 195 Å². The highest BCUT2D eigenvalue weighted by Crippen LogP contribution is 2.34. The first kappa shape index (κ1) is 22.9. The number of carbonyl (C=O) groups excluding carboxylic acids is 3. The van der Waals surface area contributed by atoms with Crippen molar-refractivity contribution in [2.45, 2.75) is 24.8 Å². The second-order valence-electron chi connectivity index (χ2n) is 7.90. The number of likely N-dealkylation sites (tertiary alicyclic amines) is 1. The van der Waals surface area contributed by atoms with E-state index in [0.717, 1.165) is 24.6 Å². The van der Waals surface area contributed by atoms with Gasteiger partial charge in [-0.05, 0) is 43.0 Å². The van der Waals surface area contributed by atoms with E-state index in [1.165, 1.54) is 6.20 Å². The van der Waals surface area contributed by atoms with Crippen molar-refractivity contribution in [1.82, 2.24) is 9.88 Å². The Morgan fingerprint density at radius 2 is 1.97 bits per heavy atom. The fourth-order valence-electron chi connectivity index (χ4n) is 3.52. The van der Waals surface area contributed by atoms with Gasteiger partial charge in [-0.3, -0.25) is 9.59 Å². The van der Waals surface area contributed by atoms with Crippen LogP contribution >= 0.6 is 11.8 Å². The smallest absolute Gasteiger partial charge is 0.341 e. The number of anilines is 1. The maximum Gasteiger partial charge on any atom is 0.341 e. The number of benzene rings is 1. The molecule has 3 heterocycles. The molecule has 0 radical (unpaired) electrons. The van der Waals surface area contributed by atoms with Crippen molar-refractivity contribution < 1.29 is 28.6 Å². The molecule has 2 amide bonds. The number of hydrogen-bond acceptors (Lipinski definition) is 8. The first-order valence-electron chi connectivity index (χ1n) is 10.7. The van der Waals surface area contributed by atoms with Gasteiger partial charge in [0.15, 0.2) is 18.1 Å². The molecule has 0 unspecified atom stereocenters. The molecule has 1 aromatic carbocycles. The highest BCUT2D eigenvalue weighted by Gasteiger charge is 2.23. The number of rotatable bonds is 7. The van der Waals surface area contributed by atoms with Crippen LogP contribution in [0.15, 0.2) is 41.6 Å². The first-order valence-corrected chi connectivity index (χ1v) is 11.7. The standard InChI is InChI=1S/C23H25N3O6S/c1-15-6-9-26(10-7-15)21(28)12-30-23(29)17-3-2-8-24-22(17)33-13-20(27)25-16-4-5-18-19(11-16)32-14-31-18/h2-5,8,11,15H,6-7,9-10,12-14H2,1H3,(H,25,27). The van der Waals surface area contributed by atoms with Gasteiger partial charge in [0.25, 0.3) is 5.91 Å². The molecule has 33 heavy (non-hydrogen) atoms. The third-order valence-corrected chi connectivity index (χ3v) is 6.46. The van der Waals surface area contributed by atoms with Crippen molar-refractivity contribution in [3.05, 3.63) is 42.1 Å². The third kappa shape index (κ3) is 5.95. The number of nitrogens with one attached hydrogen (secondary N) is 1. The molecule has 0 aliphatic carbocycles. The van der Waals surface area contributed by atoms with Crippen molar-refractivity contribution in [2.24, 2.45) is 5.92 Å². The van der Waals surface area contributed by atoms with Crippen LogP contribution in [0.4, 0.5) is 5.69 Å². The largest absolute Gasteiger partial charge is 0.454 e. The maximum absolute atomic E-state index is 12.6. The van der Waals surface area contributed by atoms with Crippen LogP contribution in [-0.2, 0) is 14.3 Å². The summed E-state index contributed by atoms with van der Waals surface area (Å²) in [5.74, 6) is 0.747. The highest BCUT2D eigenvalue weighted by molar-refractivity contribution is 8.00. The molecule has 1 saturated heterocycles. The molecule has 2 aliphatic rings. The Kier molecular flexibility index (Phi) is 7.33. The first-order chi connectivity index (χ1) is 16.0. The number of ether oxygens (including phenoxy) is 3. The Morgan fingerprint density at radius 1 is 1.18 bits per heavy atom. The number of nitrogens with zero attached hydrogens (tertiary/aromatic N) is 2. The van der Waals surface area contributed by atoms with Crippen molar-refractivity contribution >= 4 is 35.2 Å². The topological polar surface area (TPSA) is 107 Å². The maximum atomic E-state index is 12.6. The quantitative estimate of drug-likeness (QED) is 0.485. The molecule has 0 spiro atoms. The second-order valence-corrected chi connectivity index (χ2v) is 8.86. The fraction of sp³-hybridized carbons (Fsp3) is 0.391. The van der Waals surface area contributed by atoms with Crippen molar-refractivity contribution in [1.29, 1.82) is 0 Å². The molecule has 174 valence electrons. The van der Waals surface area contributed by atoms with Gasteiger partial charge in [-0.2, -0.15) is 0 Å². The second kappa shape index (κ2) is 10.6. The highest BCUT2D eigenvalue weighted by atomic mass is 32.2. The summed E-state index contributed by atoms with van der Waals surface area (Å²) in [5, 5.41) is 3.14. The summed E-state index contributed by atoms with van der Waals surface area (Å²) in [7, 11) is 0. The molecule has 9 nitrogen and oxygen atoms in total. The molecule has 1 fully saturated rings. The van der Waals surface area contributed by atoms with Crippen LogP contribution in [0.3, 0.4) is 0 Å². The molecule has 0 saturated carbocycles. The van der Waals surface area contributed by atoms with Crippen LogP contribution in [0.1, 0.15) is 30.1 Å². The van der Waals surface area contributed by atoms with E-state index in [-0.39, 0.29) is 36.5 Å². The van der Waals surface area contributed by atoms with E-state index in [9.17, 15) is 14.4 Å². The van der Waals surface area contributed by atoms with Gasteiger partial charge in [0, 0.05) is 31.0 Å². The Balaban J connectivity index is 1.29. The molecule has 1 aromatic heterocycles. The summed E-state index contributed by atoms with van der Waals surface area (Å²) >= 11 is 1.12. The van der Waals surface area contributed by atoms with Gasteiger partial charge >= 0.3 is 5.97 Å². The minimum absolute atomic E-state index is 0.0383. The van der Waals surface area contributed by atoms with Crippen LogP contribution < -0.4 is 14.8 Å². The fourth-order valence-corrected chi connectivity index (χ4v) is 4.30. The number of thioether (sulfide) groups is 1. The third-order valence-electron chi connectivity index (χ3n) is 5.45. The van der Waals surface area contributed by atoms with E-state index in [0.29, 0.717) is 41.2 Å². The van der Waals surface area contributed by atoms with E-state index in [2.05, 4.69) is 17.2 Å². The lowest BCUT2D eigenvalue weighted by atomic mass is 9.99. The van der Waals surface area contributed by atoms with Crippen LogP contribution in [0.5, 0.6) is 11.5 Å². The average molecular weight is 472 g/mol. The van der Waals surface area contributed by atoms with Gasteiger partial charge in [-0.25, -0.2) is 9.78 Å². The zero-order valence-electron chi connectivity index (χ0n) is 18.2. The minimum atomic E-state index is -0.638. The zero-order chi connectivity index (χ0) is 23.2. The van der Waals surface area contributed by atoms with Crippen LogP contribution in [0, 0.1) is 5.92 Å². The normalized spacial score (nSPS) is 15.2. The van der Waals surface area contributed by atoms with Gasteiger partial charge in [-0.1, -0.05) is 18.7 Å². The molecular weight excluding hydrogens is 446 g/mol. The summed E-state index contributed by atoms with van der Waals surface area (Å²) < 4.78 is 15.8. The number of piperidine rings is 1. The summed E-state index contributed by atoms with van der Waals surface area (Å²) in [4.78, 5) is 43.2. The van der Waals surface area contributed by atoms with Crippen LogP contribution in [-0.4, -0.2) is 59.9 Å². The molecular formula is C23H25N3O6S. The summed E-state index contributed by atoms with van der Waals surface area (Å²) in [6.45, 7) is 3.38. The lowest BCUT2D eigenvalue weighted by molar-refractivity contribution is -0.135. The van der Waals surface area contributed by atoms with Crippen molar-refractivity contribution in [2.75, 3.05) is 37.6 Å². The summed E-state index contributed by atoms with van der Waals surface area (Å²) in [5.41, 5.74) is 0.801.